The summed E-state index contributed by atoms with van der Waals surface area (Å²) in [5.74, 6) is -0.273. The maximum atomic E-state index is 13.4. The maximum absolute atomic E-state index is 13.4. The molecule has 0 amide bonds. The summed E-state index contributed by atoms with van der Waals surface area (Å²) in [7, 11) is -3.98. The number of ether oxygens (including phenoxy) is 2. The first kappa shape index (κ1) is 26.1. The lowest BCUT2D eigenvalue weighted by molar-refractivity contribution is -0.274. The first-order valence-corrected chi connectivity index (χ1v) is 12.2. The average molecular weight is 505 g/mol. The molecule has 2 aromatic rings. The van der Waals surface area contributed by atoms with E-state index in [0.29, 0.717) is 31.7 Å². The Hall–Kier alpha value is -2.54. The van der Waals surface area contributed by atoms with Crippen LogP contribution in [0.2, 0.25) is 0 Å². The van der Waals surface area contributed by atoms with E-state index >= 15 is 0 Å². The van der Waals surface area contributed by atoms with E-state index in [4.69, 9.17) is 4.74 Å². The van der Waals surface area contributed by atoms with Crippen LogP contribution in [0.4, 0.5) is 13.2 Å². The SMILES string of the molecule is O=S(=O)(c1ccc(OC(F)(F)F)cc1)C(NC[C@H](O)COc1ccc(O)cc1)C1CCNCC1. The zero-order valence-corrected chi connectivity index (χ0v) is 19.0. The van der Waals surface area contributed by atoms with E-state index in [-0.39, 0.29) is 29.7 Å². The van der Waals surface area contributed by atoms with E-state index in [9.17, 15) is 31.8 Å². The number of aliphatic hydroxyl groups excluding tert-OH is 1. The Morgan fingerprint density at radius 1 is 1.03 bits per heavy atom. The summed E-state index contributed by atoms with van der Waals surface area (Å²) in [6.45, 7) is 1.06. The van der Waals surface area contributed by atoms with E-state index in [1.165, 1.54) is 24.3 Å². The Morgan fingerprint density at radius 3 is 2.21 bits per heavy atom. The molecule has 2 aromatic carbocycles. The molecule has 12 heteroatoms. The van der Waals surface area contributed by atoms with Crippen LogP contribution in [0.3, 0.4) is 0 Å². The lowest BCUT2D eigenvalue weighted by Gasteiger charge is -2.31. The van der Waals surface area contributed by atoms with Crippen molar-refractivity contribution >= 4 is 9.84 Å². The molecule has 1 saturated heterocycles. The van der Waals surface area contributed by atoms with Crippen LogP contribution in [0.25, 0.3) is 0 Å². The number of alkyl halides is 3. The molecule has 0 bridgehead atoms. The predicted octanol–water partition coefficient (Wildman–Crippen LogP) is 2.42. The fraction of sp³-hybridized carbons (Fsp3) is 0.455. The summed E-state index contributed by atoms with van der Waals surface area (Å²) in [6, 6.07) is 10.0. The summed E-state index contributed by atoms with van der Waals surface area (Å²) in [6.07, 6.45) is -4.76. The average Bonchev–Trinajstić information content (AvgIpc) is 2.79. The van der Waals surface area contributed by atoms with Gasteiger partial charge >= 0.3 is 6.36 Å². The number of piperidine rings is 1. The van der Waals surface area contributed by atoms with Crippen LogP contribution in [-0.2, 0) is 9.84 Å². The molecule has 3 rings (SSSR count). The molecule has 4 N–H and O–H groups in total. The fourth-order valence-electron chi connectivity index (χ4n) is 3.70. The molecular weight excluding hydrogens is 477 g/mol. The lowest BCUT2D eigenvalue weighted by Crippen LogP contribution is -2.49. The third-order valence-electron chi connectivity index (χ3n) is 5.37. The monoisotopic (exact) mass is 504 g/mol. The van der Waals surface area contributed by atoms with Crippen LogP contribution in [0.5, 0.6) is 17.2 Å². The van der Waals surface area contributed by atoms with E-state index < -0.39 is 33.4 Å². The van der Waals surface area contributed by atoms with E-state index in [0.717, 1.165) is 24.3 Å². The largest absolute Gasteiger partial charge is 0.573 e. The quantitative estimate of drug-likeness (QED) is 0.390. The number of hydrogen-bond acceptors (Lipinski definition) is 8. The standard InChI is InChI=1S/C22H27F3N2O6S/c23-22(24,25)33-19-5-7-20(8-6-19)34(30,31)21(15-9-11-26-12-10-15)27-13-17(29)14-32-18-3-1-16(28)2-4-18/h1-8,15,17,21,26-29H,9-14H2/t17-,21?/m0/s1. The highest BCUT2D eigenvalue weighted by atomic mass is 32.2. The molecule has 0 aliphatic carbocycles. The van der Waals surface area contributed by atoms with Crippen LogP contribution in [0.1, 0.15) is 12.8 Å². The van der Waals surface area contributed by atoms with Crippen LogP contribution in [0, 0.1) is 5.92 Å². The molecule has 2 atom stereocenters. The second-order valence-corrected chi connectivity index (χ2v) is 10.0. The topological polar surface area (TPSA) is 117 Å². The molecular formula is C22H27F3N2O6S. The molecule has 0 aromatic heterocycles. The number of nitrogens with one attached hydrogen (secondary N) is 2. The number of benzene rings is 2. The van der Waals surface area contributed by atoms with Gasteiger partial charge < -0.3 is 25.0 Å². The fourth-order valence-corrected chi connectivity index (χ4v) is 5.60. The van der Waals surface area contributed by atoms with Crippen LogP contribution >= 0.6 is 0 Å². The van der Waals surface area contributed by atoms with Crippen LogP contribution < -0.4 is 20.1 Å². The summed E-state index contributed by atoms with van der Waals surface area (Å²) in [5.41, 5.74) is 0. The van der Waals surface area contributed by atoms with Gasteiger partial charge in [-0.15, -0.1) is 13.2 Å². The van der Waals surface area contributed by atoms with Gasteiger partial charge in [0.25, 0.3) is 0 Å². The van der Waals surface area contributed by atoms with E-state index in [1.54, 1.807) is 0 Å². The summed E-state index contributed by atoms with van der Waals surface area (Å²) in [4.78, 5) is -0.145. The van der Waals surface area contributed by atoms with Crippen molar-refractivity contribution < 1.29 is 41.3 Å². The van der Waals surface area contributed by atoms with Gasteiger partial charge in [0.1, 0.15) is 35.3 Å². The van der Waals surface area contributed by atoms with Crippen molar-refractivity contribution in [2.24, 2.45) is 5.92 Å². The van der Waals surface area contributed by atoms with Crippen molar-refractivity contribution in [1.82, 2.24) is 10.6 Å². The van der Waals surface area contributed by atoms with E-state index in [2.05, 4.69) is 15.4 Å². The molecule has 1 heterocycles. The zero-order chi connectivity index (χ0) is 24.8. The first-order valence-electron chi connectivity index (χ1n) is 10.7. The van der Waals surface area contributed by atoms with Crippen molar-refractivity contribution in [1.29, 1.82) is 0 Å². The minimum atomic E-state index is -4.88. The Bertz CT molecular complexity index is 1010. The molecule has 8 nitrogen and oxygen atoms in total. The third-order valence-corrected chi connectivity index (χ3v) is 7.52. The number of hydrogen-bond donors (Lipinski definition) is 4. The summed E-state index contributed by atoms with van der Waals surface area (Å²) >= 11 is 0. The van der Waals surface area contributed by atoms with Gasteiger partial charge in [0, 0.05) is 6.54 Å². The molecule has 1 aliphatic heterocycles. The number of aromatic hydroxyl groups is 1. The van der Waals surface area contributed by atoms with Gasteiger partial charge in [-0.05, 0) is 80.4 Å². The lowest BCUT2D eigenvalue weighted by atomic mass is 9.98. The second-order valence-electron chi connectivity index (χ2n) is 7.94. The second kappa shape index (κ2) is 11.3. The minimum absolute atomic E-state index is 0.0718. The van der Waals surface area contributed by atoms with Gasteiger partial charge in [-0.2, -0.15) is 0 Å². The summed E-state index contributed by atoms with van der Waals surface area (Å²) < 4.78 is 73.2. The molecule has 1 unspecified atom stereocenters. The van der Waals surface area contributed by atoms with Gasteiger partial charge in [0.15, 0.2) is 9.84 Å². The Labute approximate surface area is 195 Å². The van der Waals surface area contributed by atoms with Gasteiger partial charge in [-0.25, -0.2) is 8.42 Å². The Balaban J connectivity index is 1.68. The number of phenols is 1. The van der Waals surface area contributed by atoms with Crippen molar-refractivity contribution in [2.75, 3.05) is 26.2 Å². The number of aliphatic hydroxyl groups is 1. The first-order chi connectivity index (χ1) is 16.0. The van der Waals surface area contributed by atoms with Crippen molar-refractivity contribution in [3.05, 3.63) is 48.5 Å². The van der Waals surface area contributed by atoms with Crippen molar-refractivity contribution in [2.45, 2.75) is 35.6 Å². The maximum Gasteiger partial charge on any atom is 0.573 e. The molecule has 1 fully saturated rings. The van der Waals surface area contributed by atoms with Crippen LogP contribution in [-0.4, -0.2) is 62.7 Å². The van der Waals surface area contributed by atoms with Gasteiger partial charge in [0.2, 0.25) is 0 Å². The zero-order valence-electron chi connectivity index (χ0n) is 18.2. The van der Waals surface area contributed by atoms with Crippen molar-refractivity contribution in [3.63, 3.8) is 0 Å². The van der Waals surface area contributed by atoms with Gasteiger partial charge in [-0.1, -0.05) is 0 Å². The Morgan fingerprint density at radius 2 is 1.62 bits per heavy atom. The third kappa shape index (κ3) is 7.49. The summed E-state index contributed by atoms with van der Waals surface area (Å²) in [5, 5.41) is 24.7. The van der Waals surface area contributed by atoms with E-state index in [1.807, 2.05) is 0 Å². The predicted molar refractivity (Wildman–Crippen MR) is 117 cm³/mol. The molecule has 0 radical (unpaired) electrons. The highest BCUT2D eigenvalue weighted by Crippen LogP contribution is 2.29. The number of rotatable bonds is 10. The van der Waals surface area contributed by atoms with Gasteiger partial charge in [0.05, 0.1) is 4.90 Å². The normalized spacial score (nSPS) is 17.2. The number of halogens is 3. The number of sulfone groups is 1. The van der Waals surface area contributed by atoms with Crippen molar-refractivity contribution in [3.8, 4) is 17.2 Å². The molecule has 1 aliphatic rings. The smallest absolute Gasteiger partial charge is 0.508 e. The molecule has 188 valence electrons. The highest BCUT2D eigenvalue weighted by molar-refractivity contribution is 7.92. The van der Waals surface area contributed by atoms with Crippen LogP contribution in [0.15, 0.2) is 53.4 Å². The van der Waals surface area contributed by atoms with Gasteiger partial charge in [-0.3, -0.25) is 5.32 Å². The highest BCUT2D eigenvalue weighted by Gasteiger charge is 2.36. The molecule has 0 spiro atoms. The molecule has 0 saturated carbocycles. The Kier molecular flexibility index (Phi) is 8.63. The molecule has 34 heavy (non-hydrogen) atoms. The number of phenolic OH excluding ortho intramolecular Hbond substituents is 1. The minimum Gasteiger partial charge on any atom is -0.508 e.